The van der Waals surface area contributed by atoms with Crippen LogP contribution in [-0.2, 0) is 5.41 Å². The highest BCUT2D eigenvalue weighted by Gasteiger charge is 2.26. The van der Waals surface area contributed by atoms with E-state index in [2.05, 4.69) is 25.8 Å². The lowest BCUT2D eigenvalue weighted by molar-refractivity contribution is 0.0978. The van der Waals surface area contributed by atoms with Crippen LogP contribution in [-0.4, -0.2) is 17.4 Å². The Morgan fingerprint density at radius 2 is 2.12 bits per heavy atom. The highest BCUT2D eigenvalue weighted by atomic mass is 16.5. The number of ketones is 1. The standard InChI is InChI=1S/C13H17NO2/c1-13(2,3)9-6-7-14-11-10(15)5-4-8-16-12(9)11/h6-7H,4-5,8H2,1-3H3. The van der Waals surface area contributed by atoms with E-state index in [0.29, 0.717) is 24.5 Å². The van der Waals surface area contributed by atoms with Crippen LogP contribution < -0.4 is 4.74 Å². The van der Waals surface area contributed by atoms with Gasteiger partial charge in [-0.3, -0.25) is 4.79 Å². The van der Waals surface area contributed by atoms with Crippen molar-refractivity contribution in [3.05, 3.63) is 23.5 Å². The first-order chi connectivity index (χ1) is 7.50. The summed E-state index contributed by atoms with van der Waals surface area (Å²) in [5, 5.41) is 0. The van der Waals surface area contributed by atoms with Crippen LogP contribution in [0.1, 0.15) is 49.7 Å². The fraction of sp³-hybridized carbons (Fsp3) is 0.538. The number of carbonyl (C=O) groups excluding carboxylic acids is 1. The largest absolute Gasteiger partial charge is 0.491 e. The molecule has 0 unspecified atom stereocenters. The van der Waals surface area contributed by atoms with Gasteiger partial charge in [-0.05, 0) is 17.9 Å². The molecular weight excluding hydrogens is 202 g/mol. The minimum Gasteiger partial charge on any atom is -0.491 e. The van der Waals surface area contributed by atoms with Gasteiger partial charge in [0.2, 0.25) is 0 Å². The number of aromatic nitrogens is 1. The first-order valence-electron chi connectivity index (χ1n) is 5.65. The number of rotatable bonds is 0. The van der Waals surface area contributed by atoms with Gasteiger partial charge in [0, 0.05) is 18.2 Å². The van der Waals surface area contributed by atoms with Crippen molar-refractivity contribution in [1.29, 1.82) is 0 Å². The minimum atomic E-state index is -0.0301. The van der Waals surface area contributed by atoms with Gasteiger partial charge in [-0.1, -0.05) is 20.8 Å². The normalized spacial score (nSPS) is 16.3. The summed E-state index contributed by atoms with van der Waals surface area (Å²) >= 11 is 0. The molecule has 0 saturated heterocycles. The zero-order valence-electron chi connectivity index (χ0n) is 10.0. The molecule has 0 bridgehead atoms. The molecular formula is C13H17NO2. The summed E-state index contributed by atoms with van der Waals surface area (Å²) in [6.07, 6.45) is 3.01. The molecule has 0 saturated carbocycles. The maximum absolute atomic E-state index is 11.8. The molecule has 2 heterocycles. The second-order valence-electron chi connectivity index (χ2n) is 5.16. The molecule has 0 amide bonds. The van der Waals surface area contributed by atoms with Crippen LogP contribution >= 0.6 is 0 Å². The lowest BCUT2D eigenvalue weighted by Gasteiger charge is -2.22. The molecule has 0 radical (unpaired) electrons. The van der Waals surface area contributed by atoms with Crippen molar-refractivity contribution in [3.63, 3.8) is 0 Å². The zero-order valence-corrected chi connectivity index (χ0v) is 10.0. The molecule has 0 spiro atoms. The second-order valence-corrected chi connectivity index (χ2v) is 5.16. The Bertz CT molecular complexity index is 418. The maximum atomic E-state index is 11.8. The van der Waals surface area contributed by atoms with Crippen molar-refractivity contribution in [3.8, 4) is 5.75 Å². The summed E-state index contributed by atoms with van der Waals surface area (Å²) in [5.74, 6) is 0.788. The van der Waals surface area contributed by atoms with Crippen LogP contribution in [0, 0.1) is 0 Å². The van der Waals surface area contributed by atoms with Gasteiger partial charge in [-0.2, -0.15) is 0 Å². The molecule has 1 aromatic heterocycles. The average molecular weight is 219 g/mol. The number of fused-ring (bicyclic) bond motifs is 1. The van der Waals surface area contributed by atoms with Crippen LogP contribution in [0.3, 0.4) is 0 Å². The summed E-state index contributed by atoms with van der Waals surface area (Å²) in [6, 6.07) is 1.94. The molecule has 0 aromatic carbocycles. The van der Waals surface area contributed by atoms with E-state index < -0.39 is 0 Å². The molecule has 0 N–H and O–H groups in total. The lowest BCUT2D eigenvalue weighted by atomic mass is 9.86. The molecule has 2 rings (SSSR count). The quantitative estimate of drug-likeness (QED) is 0.673. The first-order valence-corrected chi connectivity index (χ1v) is 5.65. The number of Topliss-reactive ketones (excluding diaryl/α,β-unsaturated/α-hetero) is 1. The van der Waals surface area contributed by atoms with E-state index in [1.807, 2.05) is 6.07 Å². The summed E-state index contributed by atoms with van der Waals surface area (Å²) in [4.78, 5) is 16.0. The topological polar surface area (TPSA) is 39.2 Å². The van der Waals surface area contributed by atoms with Gasteiger partial charge in [0.1, 0.15) is 5.69 Å². The van der Waals surface area contributed by atoms with E-state index in [-0.39, 0.29) is 11.2 Å². The predicted octanol–water partition coefficient (Wildman–Crippen LogP) is 2.73. The van der Waals surface area contributed by atoms with E-state index in [4.69, 9.17) is 4.74 Å². The predicted molar refractivity (Wildman–Crippen MR) is 62.0 cm³/mol. The number of carbonyl (C=O) groups is 1. The Morgan fingerprint density at radius 1 is 1.38 bits per heavy atom. The van der Waals surface area contributed by atoms with Crippen molar-refractivity contribution >= 4 is 5.78 Å². The molecule has 0 fully saturated rings. The van der Waals surface area contributed by atoms with Gasteiger partial charge in [-0.25, -0.2) is 4.98 Å². The number of nitrogens with zero attached hydrogens (tertiary/aromatic N) is 1. The first kappa shape index (κ1) is 11.1. The Morgan fingerprint density at radius 3 is 2.81 bits per heavy atom. The maximum Gasteiger partial charge on any atom is 0.185 e. The van der Waals surface area contributed by atoms with Crippen LogP contribution in [0.2, 0.25) is 0 Å². The van der Waals surface area contributed by atoms with Crippen molar-refractivity contribution in [2.24, 2.45) is 0 Å². The van der Waals surface area contributed by atoms with Crippen molar-refractivity contribution in [1.82, 2.24) is 4.98 Å². The fourth-order valence-corrected chi connectivity index (χ4v) is 1.91. The van der Waals surface area contributed by atoms with E-state index in [1.54, 1.807) is 6.20 Å². The minimum absolute atomic E-state index is 0.0301. The van der Waals surface area contributed by atoms with Crippen molar-refractivity contribution in [2.75, 3.05) is 6.61 Å². The Kier molecular flexibility index (Phi) is 2.70. The van der Waals surface area contributed by atoms with Gasteiger partial charge in [0.25, 0.3) is 0 Å². The van der Waals surface area contributed by atoms with Gasteiger partial charge >= 0.3 is 0 Å². The second kappa shape index (κ2) is 3.89. The van der Waals surface area contributed by atoms with Crippen LogP contribution in [0.5, 0.6) is 5.75 Å². The summed E-state index contributed by atoms with van der Waals surface area (Å²) in [7, 11) is 0. The smallest absolute Gasteiger partial charge is 0.185 e. The number of hydrogen-bond acceptors (Lipinski definition) is 3. The third-order valence-corrected chi connectivity index (χ3v) is 2.77. The van der Waals surface area contributed by atoms with Gasteiger partial charge in [-0.15, -0.1) is 0 Å². The molecule has 0 atom stereocenters. The average Bonchev–Trinajstić information content (AvgIpc) is 2.39. The molecule has 16 heavy (non-hydrogen) atoms. The Hall–Kier alpha value is -1.38. The third kappa shape index (κ3) is 1.94. The lowest BCUT2D eigenvalue weighted by Crippen LogP contribution is -2.15. The van der Waals surface area contributed by atoms with E-state index in [0.717, 1.165) is 12.0 Å². The van der Waals surface area contributed by atoms with Gasteiger partial charge in [0.15, 0.2) is 11.5 Å². The summed E-state index contributed by atoms with van der Waals surface area (Å²) in [5.41, 5.74) is 1.54. The molecule has 1 aromatic rings. The Balaban J connectivity index is 2.58. The number of ether oxygens (including phenoxy) is 1. The van der Waals surface area contributed by atoms with E-state index in [9.17, 15) is 4.79 Å². The van der Waals surface area contributed by atoms with Gasteiger partial charge in [0.05, 0.1) is 6.61 Å². The van der Waals surface area contributed by atoms with Gasteiger partial charge < -0.3 is 4.74 Å². The van der Waals surface area contributed by atoms with E-state index in [1.165, 1.54) is 0 Å². The van der Waals surface area contributed by atoms with E-state index >= 15 is 0 Å². The highest BCUT2D eigenvalue weighted by Crippen LogP contribution is 2.34. The SMILES string of the molecule is CC(C)(C)c1ccnc2c1OCCCC2=O. The van der Waals surface area contributed by atoms with Crippen molar-refractivity contribution < 1.29 is 9.53 Å². The molecule has 0 aliphatic carbocycles. The van der Waals surface area contributed by atoms with Crippen LogP contribution in [0.25, 0.3) is 0 Å². The summed E-state index contributed by atoms with van der Waals surface area (Å²) < 4.78 is 5.69. The molecule has 1 aliphatic heterocycles. The molecule has 86 valence electrons. The fourth-order valence-electron chi connectivity index (χ4n) is 1.91. The molecule has 3 heteroatoms. The van der Waals surface area contributed by atoms with Crippen molar-refractivity contribution in [2.45, 2.75) is 39.0 Å². The molecule has 1 aliphatic rings. The molecule has 3 nitrogen and oxygen atoms in total. The monoisotopic (exact) mass is 219 g/mol. The van der Waals surface area contributed by atoms with Crippen LogP contribution in [0.15, 0.2) is 12.3 Å². The number of hydrogen-bond donors (Lipinski definition) is 0. The summed E-state index contributed by atoms with van der Waals surface area (Å²) in [6.45, 7) is 6.94. The third-order valence-electron chi connectivity index (χ3n) is 2.77. The highest BCUT2D eigenvalue weighted by molar-refractivity contribution is 5.97. The number of pyridine rings is 1. The zero-order chi connectivity index (χ0) is 11.8. The van der Waals surface area contributed by atoms with Crippen LogP contribution in [0.4, 0.5) is 0 Å². The Labute approximate surface area is 95.8 Å².